The molecule has 0 saturated carbocycles. The van der Waals surface area contributed by atoms with Gasteiger partial charge in [-0.25, -0.2) is 13.1 Å². The van der Waals surface area contributed by atoms with Gasteiger partial charge in [0.1, 0.15) is 0 Å². The normalized spacial score (nSPS) is 11.5. The van der Waals surface area contributed by atoms with Crippen LogP contribution >= 0.6 is 0 Å². The van der Waals surface area contributed by atoms with Crippen molar-refractivity contribution in [1.82, 2.24) is 9.62 Å². The lowest BCUT2D eigenvalue weighted by Crippen LogP contribution is -2.36. The van der Waals surface area contributed by atoms with Crippen LogP contribution in [-0.4, -0.2) is 31.8 Å². The molecule has 1 N–H and O–H groups in total. The van der Waals surface area contributed by atoms with Crippen molar-refractivity contribution in [2.45, 2.75) is 44.7 Å². The van der Waals surface area contributed by atoms with Crippen LogP contribution in [0.15, 0.2) is 59.5 Å². The Hall–Kier alpha value is -2.18. The summed E-state index contributed by atoms with van der Waals surface area (Å²) in [6, 6.07) is 15.9. The van der Waals surface area contributed by atoms with Gasteiger partial charge < -0.3 is 4.90 Å². The van der Waals surface area contributed by atoms with Crippen LogP contribution in [0.2, 0.25) is 0 Å². The van der Waals surface area contributed by atoms with Crippen LogP contribution in [-0.2, 0) is 16.6 Å². The summed E-state index contributed by atoms with van der Waals surface area (Å²) in [7, 11) is -3.60. The topological polar surface area (TPSA) is 66.5 Å². The lowest BCUT2D eigenvalue weighted by Gasteiger charge is -2.27. The van der Waals surface area contributed by atoms with Gasteiger partial charge in [-0.05, 0) is 44.0 Å². The Kier molecular flexibility index (Phi) is 6.94. The number of hydrogen-bond acceptors (Lipinski definition) is 3. The zero-order valence-corrected chi connectivity index (χ0v) is 16.3. The lowest BCUT2D eigenvalue weighted by molar-refractivity contribution is 0.0690. The highest BCUT2D eigenvalue weighted by Crippen LogP contribution is 2.17. The van der Waals surface area contributed by atoms with Gasteiger partial charge in [0, 0.05) is 24.7 Å². The van der Waals surface area contributed by atoms with E-state index in [0.717, 1.165) is 5.56 Å². The predicted octanol–water partition coefficient (Wildman–Crippen LogP) is 3.43. The molecule has 0 unspecified atom stereocenters. The van der Waals surface area contributed by atoms with E-state index >= 15 is 0 Å². The zero-order valence-electron chi connectivity index (χ0n) is 15.5. The first kappa shape index (κ1) is 20.1. The van der Waals surface area contributed by atoms with Gasteiger partial charge >= 0.3 is 0 Å². The molecule has 2 aromatic rings. The summed E-state index contributed by atoms with van der Waals surface area (Å²) in [6.45, 7) is 6.63. The Bertz CT molecular complexity index is 833. The predicted molar refractivity (Wildman–Crippen MR) is 103 cm³/mol. The smallest absolute Gasteiger partial charge is 0.254 e. The minimum atomic E-state index is -3.60. The molecule has 0 heterocycles. The maximum Gasteiger partial charge on any atom is 0.254 e. The molecule has 26 heavy (non-hydrogen) atoms. The molecule has 140 valence electrons. The maximum absolute atomic E-state index is 13.0. The summed E-state index contributed by atoms with van der Waals surface area (Å²) in [5.41, 5.74) is 1.40. The first-order chi connectivity index (χ1) is 12.3. The molecule has 1 amide bonds. The van der Waals surface area contributed by atoms with E-state index in [4.69, 9.17) is 0 Å². The average Bonchev–Trinajstić information content (AvgIpc) is 2.64. The highest BCUT2D eigenvalue weighted by atomic mass is 32.2. The molecule has 0 spiro atoms. The first-order valence-electron chi connectivity index (χ1n) is 8.79. The molecule has 0 aliphatic carbocycles. The molecule has 0 bridgehead atoms. The summed E-state index contributed by atoms with van der Waals surface area (Å²) in [5, 5.41) is 0. The molecule has 0 fully saturated rings. The fraction of sp³-hybridized carbons (Fsp3) is 0.350. The van der Waals surface area contributed by atoms with E-state index in [-0.39, 0.29) is 16.8 Å². The van der Waals surface area contributed by atoms with Gasteiger partial charge in [0.05, 0.1) is 4.90 Å². The number of rotatable bonds is 8. The van der Waals surface area contributed by atoms with Crippen LogP contribution in [0.25, 0.3) is 0 Å². The van der Waals surface area contributed by atoms with Gasteiger partial charge in [-0.15, -0.1) is 0 Å². The number of hydrogen-bond donors (Lipinski definition) is 1. The minimum absolute atomic E-state index is 0.0128. The van der Waals surface area contributed by atoms with Gasteiger partial charge in [-0.1, -0.05) is 43.3 Å². The number of carbonyl (C=O) groups excluding carboxylic acids is 1. The van der Waals surface area contributed by atoms with Crippen LogP contribution in [0, 0.1) is 0 Å². The van der Waals surface area contributed by atoms with E-state index < -0.39 is 10.0 Å². The standard InChI is InChI=1S/C20H26N2O3S/c1-4-13-21-26(24,25)19-12-8-11-18(14-19)20(23)22(16(2)3)15-17-9-6-5-7-10-17/h5-12,14,16,21H,4,13,15H2,1-3H3. The number of nitrogens with zero attached hydrogens (tertiary/aromatic N) is 1. The summed E-state index contributed by atoms with van der Waals surface area (Å²) in [5.74, 6) is -0.184. The van der Waals surface area contributed by atoms with Gasteiger partial charge in [0.15, 0.2) is 0 Å². The SMILES string of the molecule is CCCNS(=O)(=O)c1cccc(C(=O)N(Cc2ccccc2)C(C)C)c1. The maximum atomic E-state index is 13.0. The average molecular weight is 375 g/mol. The number of nitrogens with one attached hydrogen (secondary N) is 1. The second-order valence-electron chi connectivity index (χ2n) is 6.44. The van der Waals surface area contributed by atoms with Gasteiger partial charge in [-0.2, -0.15) is 0 Å². The number of benzene rings is 2. The van der Waals surface area contributed by atoms with Crippen molar-refractivity contribution in [2.24, 2.45) is 0 Å². The quantitative estimate of drug-likeness (QED) is 0.770. The van der Waals surface area contributed by atoms with Gasteiger partial charge in [-0.3, -0.25) is 4.79 Å². The van der Waals surface area contributed by atoms with Crippen LogP contribution in [0.3, 0.4) is 0 Å². The van der Waals surface area contributed by atoms with Crippen molar-refractivity contribution >= 4 is 15.9 Å². The first-order valence-corrected chi connectivity index (χ1v) is 10.3. The van der Waals surface area contributed by atoms with E-state index in [1.807, 2.05) is 51.1 Å². The zero-order chi connectivity index (χ0) is 19.2. The second-order valence-corrected chi connectivity index (χ2v) is 8.20. The van der Waals surface area contributed by atoms with E-state index in [1.54, 1.807) is 17.0 Å². The van der Waals surface area contributed by atoms with Gasteiger partial charge in [0.25, 0.3) is 5.91 Å². The Labute approximate surface area is 156 Å². The molecule has 6 heteroatoms. The molecule has 0 radical (unpaired) electrons. The third-order valence-electron chi connectivity index (χ3n) is 4.01. The number of carbonyl (C=O) groups is 1. The van der Waals surface area contributed by atoms with Crippen LogP contribution in [0.1, 0.15) is 43.1 Å². The fourth-order valence-electron chi connectivity index (χ4n) is 2.55. The summed E-state index contributed by atoms with van der Waals surface area (Å²) < 4.78 is 27.2. The molecule has 5 nitrogen and oxygen atoms in total. The van der Waals surface area contributed by atoms with Crippen molar-refractivity contribution in [3.63, 3.8) is 0 Å². The fourth-order valence-corrected chi connectivity index (χ4v) is 3.73. The van der Waals surface area contributed by atoms with E-state index in [0.29, 0.717) is 25.1 Å². The molecular weight excluding hydrogens is 348 g/mol. The number of sulfonamides is 1. The molecule has 2 aromatic carbocycles. The Morgan fingerprint density at radius 2 is 1.77 bits per heavy atom. The Morgan fingerprint density at radius 1 is 1.08 bits per heavy atom. The van der Waals surface area contributed by atoms with Crippen molar-refractivity contribution < 1.29 is 13.2 Å². The Balaban J connectivity index is 2.28. The monoisotopic (exact) mass is 374 g/mol. The second kappa shape index (κ2) is 8.96. The summed E-state index contributed by atoms with van der Waals surface area (Å²) in [4.78, 5) is 14.8. The van der Waals surface area contributed by atoms with Crippen molar-refractivity contribution in [3.05, 3.63) is 65.7 Å². The highest BCUT2D eigenvalue weighted by molar-refractivity contribution is 7.89. The van der Waals surface area contributed by atoms with Gasteiger partial charge in [0.2, 0.25) is 10.0 Å². The molecule has 0 aliphatic heterocycles. The minimum Gasteiger partial charge on any atom is -0.332 e. The lowest BCUT2D eigenvalue weighted by atomic mass is 10.1. The highest BCUT2D eigenvalue weighted by Gasteiger charge is 2.21. The third kappa shape index (κ3) is 5.16. The van der Waals surface area contributed by atoms with E-state index in [2.05, 4.69) is 4.72 Å². The van der Waals surface area contributed by atoms with Crippen LogP contribution < -0.4 is 4.72 Å². The molecule has 2 rings (SSSR count). The van der Waals surface area contributed by atoms with Crippen LogP contribution in [0.5, 0.6) is 0 Å². The summed E-state index contributed by atoms with van der Waals surface area (Å²) in [6.07, 6.45) is 0.704. The molecule has 0 aromatic heterocycles. The van der Waals surface area contributed by atoms with E-state index in [1.165, 1.54) is 12.1 Å². The molecule has 0 saturated heterocycles. The number of amides is 1. The molecular formula is C20H26N2O3S. The molecule has 0 aliphatic rings. The van der Waals surface area contributed by atoms with Crippen molar-refractivity contribution in [2.75, 3.05) is 6.54 Å². The van der Waals surface area contributed by atoms with Crippen LogP contribution in [0.4, 0.5) is 0 Å². The van der Waals surface area contributed by atoms with Crippen molar-refractivity contribution in [1.29, 1.82) is 0 Å². The van der Waals surface area contributed by atoms with E-state index in [9.17, 15) is 13.2 Å². The third-order valence-corrected chi connectivity index (χ3v) is 5.47. The Morgan fingerprint density at radius 3 is 2.38 bits per heavy atom. The largest absolute Gasteiger partial charge is 0.332 e. The molecule has 0 atom stereocenters. The van der Waals surface area contributed by atoms with Crippen molar-refractivity contribution in [3.8, 4) is 0 Å². The summed E-state index contributed by atoms with van der Waals surface area (Å²) >= 11 is 0.